The highest BCUT2D eigenvalue weighted by molar-refractivity contribution is 5.90. The molecule has 2 rings (SSSR count). The van der Waals surface area contributed by atoms with E-state index in [2.05, 4.69) is 10.6 Å². The smallest absolute Gasteiger partial charge is 0.325 e. The molecule has 0 aromatic rings. The van der Waals surface area contributed by atoms with Gasteiger partial charge in [-0.1, -0.05) is 19.3 Å². The van der Waals surface area contributed by atoms with Gasteiger partial charge in [-0.2, -0.15) is 0 Å². The van der Waals surface area contributed by atoms with E-state index >= 15 is 0 Å². The first-order valence-corrected chi connectivity index (χ1v) is 9.92. The summed E-state index contributed by atoms with van der Waals surface area (Å²) in [4.78, 5) is 49.8. The minimum Gasteiger partial charge on any atom is -0.462 e. The van der Waals surface area contributed by atoms with Crippen LogP contribution in [-0.2, 0) is 19.1 Å². The van der Waals surface area contributed by atoms with E-state index in [0.29, 0.717) is 13.0 Å². The molecule has 0 bridgehead atoms. The molecule has 1 saturated carbocycles. The molecule has 27 heavy (non-hydrogen) atoms. The van der Waals surface area contributed by atoms with Gasteiger partial charge >= 0.3 is 12.0 Å². The minimum absolute atomic E-state index is 0.0486. The second-order valence-corrected chi connectivity index (χ2v) is 7.62. The Balaban J connectivity index is 1.99. The molecule has 2 atom stereocenters. The topological polar surface area (TPSA) is 105 Å². The fourth-order valence-corrected chi connectivity index (χ4v) is 3.88. The lowest BCUT2D eigenvalue weighted by atomic mass is 9.83. The number of amides is 3. The highest BCUT2D eigenvalue weighted by Gasteiger charge is 2.38. The minimum atomic E-state index is -0.674. The van der Waals surface area contributed by atoms with Crippen molar-refractivity contribution in [3.8, 4) is 0 Å². The first-order chi connectivity index (χ1) is 12.9. The molecular weight excluding hydrogens is 350 g/mol. The van der Waals surface area contributed by atoms with Crippen molar-refractivity contribution in [1.82, 2.24) is 15.5 Å². The van der Waals surface area contributed by atoms with Crippen molar-refractivity contribution in [3.05, 3.63) is 0 Å². The molecule has 2 aliphatic rings. The van der Waals surface area contributed by atoms with E-state index in [0.717, 1.165) is 44.8 Å². The molecule has 1 aliphatic heterocycles. The zero-order valence-electron chi connectivity index (χ0n) is 16.2. The third kappa shape index (κ3) is 6.22. The summed E-state index contributed by atoms with van der Waals surface area (Å²) >= 11 is 0. The lowest BCUT2D eigenvalue weighted by molar-refractivity contribution is -0.146. The summed E-state index contributed by atoms with van der Waals surface area (Å²) in [6.07, 6.45) is 6.92. The normalized spacial score (nSPS) is 21.6. The molecule has 0 aromatic heterocycles. The van der Waals surface area contributed by atoms with E-state index in [-0.39, 0.29) is 24.5 Å². The molecule has 0 aromatic carbocycles. The fraction of sp³-hybridized carbons (Fsp3) is 0.789. The molecule has 3 amide bonds. The number of hydrogen-bond acceptors (Lipinski definition) is 5. The van der Waals surface area contributed by atoms with Crippen LogP contribution in [0.4, 0.5) is 4.79 Å². The highest BCUT2D eigenvalue weighted by Crippen LogP contribution is 2.29. The number of ether oxygens (including phenoxy) is 1. The summed E-state index contributed by atoms with van der Waals surface area (Å²) in [6.45, 7) is 3.75. The van der Waals surface area contributed by atoms with Gasteiger partial charge < -0.3 is 25.1 Å². The predicted octanol–water partition coefficient (Wildman–Crippen LogP) is 1.38. The van der Waals surface area contributed by atoms with Gasteiger partial charge in [-0.15, -0.1) is 0 Å². The Morgan fingerprint density at radius 3 is 2.44 bits per heavy atom. The molecular formula is C19H31N3O5. The lowest BCUT2D eigenvalue weighted by Gasteiger charge is -2.33. The van der Waals surface area contributed by atoms with E-state index in [1.54, 1.807) is 18.7 Å². The summed E-state index contributed by atoms with van der Waals surface area (Å²) in [6, 6.07) is -1.65. The molecule has 152 valence electrons. The Bertz CT molecular complexity index is 545. The second-order valence-electron chi connectivity index (χ2n) is 7.62. The van der Waals surface area contributed by atoms with Crippen LogP contribution < -0.4 is 10.6 Å². The first-order valence-electron chi connectivity index (χ1n) is 9.92. The van der Waals surface area contributed by atoms with Crippen LogP contribution in [0.5, 0.6) is 0 Å². The summed E-state index contributed by atoms with van der Waals surface area (Å²) in [5.41, 5.74) is 0. The van der Waals surface area contributed by atoms with Crippen molar-refractivity contribution in [1.29, 1.82) is 0 Å². The number of hydrogen-bond donors (Lipinski definition) is 2. The highest BCUT2D eigenvalue weighted by atomic mass is 16.5. The van der Waals surface area contributed by atoms with Crippen molar-refractivity contribution in [2.45, 2.75) is 77.0 Å². The predicted molar refractivity (Wildman–Crippen MR) is 98.9 cm³/mol. The average Bonchev–Trinajstić information content (AvgIpc) is 3.13. The number of nitrogens with one attached hydrogen (secondary N) is 2. The molecule has 2 fully saturated rings. The van der Waals surface area contributed by atoms with Gasteiger partial charge in [-0.3, -0.25) is 9.59 Å². The Kier molecular flexibility index (Phi) is 8.06. The summed E-state index contributed by atoms with van der Waals surface area (Å²) in [7, 11) is 0. The molecule has 1 saturated heterocycles. The van der Waals surface area contributed by atoms with Gasteiger partial charge in [-0.25, -0.2) is 4.79 Å². The van der Waals surface area contributed by atoms with Crippen molar-refractivity contribution in [2.75, 3.05) is 13.1 Å². The Morgan fingerprint density at radius 1 is 1.11 bits per heavy atom. The van der Waals surface area contributed by atoms with Crippen molar-refractivity contribution >= 4 is 24.2 Å². The number of carbonyl (C=O) groups excluding carboxylic acids is 4. The molecule has 8 nitrogen and oxygen atoms in total. The number of rotatable bonds is 7. The molecule has 1 aliphatic carbocycles. The van der Waals surface area contributed by atoms with Crippen LogP contribution in [0.2, 0.25) is 0 Å². The van der Waals surface area contributed by atoms with Gasteiger partial charge in [0.25, 0.3) is 0 Å². The lowest BCUT2D eigenvalue weighted by Crippen LogP contribution is -2.56. The quantitative estimate of drug-likeness (QED) is 0.512. The summed E-state index contributed by atoms with van der Waals surface area (Å²) in [5, 5.41) is 5.21. The van der Waals surface area contributed by atoms with Crippen LogP contribution in [-0.4, -0.2) is 60.4 Å². The van der Waals surface area contributed by atoms with Crippen molar-refractivity contribution in [3.63, 3.8) is 0 Å². The zero-order valence-corrected chi connectivity index (χ0v) is 16.2. The Hall–Kier alpha value is -2.12. The molecule has 0 spiro atoms. The fourth-order valence-electron chi connectivity index (χ4n) is 3.88. The number of carbonyl (C=O) groups is 4. The van der Waals surface area contributed by atoms with Gasteiger partial charge in [0.05, 0.1) is 12.1 Å². The van der Waals surface area contributed by atoms with Gasteiger partial charge in [0.2, 0.25) is 5.91 Å². The third-order valence-electron chi connectivity index (χ3n) is 5.17. The molecule has 0 radical (unpaired) electrons. The maximum atomic E-state index is 13.1. The largest absolute Gasteiger partial charge is 0.462 e. The van der Waals surface area contributed by atoms with Crippen LogP contribution in [0.1, 0.15) is 58.8 Å². The van der Waals surface area contributed by atoms with Crippen LogP contribution >= 0.6 is 0 Å². The maximum absolute atomic E-state index is 13.1. The summed E-state index contributed by atoms with van der Waals surface area (Å²) in [5.74, 6) is -0.676. The monoisotopic (exact) mass is 381 g/mol. The van der Waals surface area contributed by atoms with Crippen LogP contribution in [0.3, 0.4) is 0 Å². The average molecular weight is 381 g/mol. The van der Waals surface area contributed by atoms with Crippen LogP contribution in [0, 0.1) is 5.92 Å². The van der Waals surface area contributed by atoms with Crippen molar-refractivity contribution in [2.24, 2.45) is 5.92 Å². The SMILES string of the molecule is CC(C)OC(=O)CNC(=O)NC(C(=O)N1CCCC1C=O)C1CCCCC1. The van der Waals surface area contributed by atoms with Crippen LogP contribution in [0.15, 0.2) is 0 Å². The summed E-state index contributed by atoms with van der Waals surface area (Å²) < 4.78 is 4.98. The molecule has 2 unspecified atom stereocenters. The molecule has 8 heteroatoms. The first kappa shape index (κ1) is 21.2. The zero-order chi connectivity index (χ0) is 19.8. The van der Waals surface area contributed by atoms with E-state index in [1.165, 1.54) is 0 Å². The van der Waals surface area contributed by atoms with Crippen LogP contribution in [0.25, 0.3) is 0 Å². The third-order valence-corrected chi connectivity index (χ3v) is 5.17. The molecule has 1 heterocycles. The number of urea groups is 1. The Morgan fingerprint density at radius 2 is 1.81 bits per heavy atom. The second kappa shape index (κ2) is 10.3. The van der Waals surface area contributed by atoms with Gasteiger partial charge in [0.1, 0.15) is 18.9 Å². The number of nitrogens with zero attached hydrogens (tertiary/aromatic N) is 1. The van der Waals surface area contributed by atoms with Crippen molar-refractivity contribution < 1.29 is 23.9 Å². The molecule has 2 N–H and O–H groups in total. The number of likely N-dealkylation sites (tertiary alicyclic amines) is 1. The van der Waals surface area contributed by atoms with Gasteiger partial charge in [0.15, 0.2) is 0 Å². The van der Waals surface area contributed by atoms with E-state index in [4.69, 9.17) is 4.74 Å². The van der Waals surface area contributed by atoms with Gasteiger partial charge in [-0.05, 0) is 45.4 Å². The van der Waals surface area contributed by atoms with Gasteiger partial charge in [0, 0.05) is 6.54 Å². The maximum Gasteiger partial charge on any atom is 0.325 e. The van der Waals surface area contributed by atoms with E-state index in [9.17, 15) is 19.2 Å². The number of esters is 1. The van der Waals surface area contributed by atoms with E-state index < -0.39 is 24.1 Å². The Labute approximate surface area is 160 Å². The number of aldehydes is 1. The standard InChI is InChI=1S/C19H31N3O5/c1-13(2)27-16(24)11-20-19(26)21-17(14-7-4-3-5-8-14)18(25)22-10-6-9-15(22)12-23/h12-15,17H,3-11H2,1-2H3,(H2,20,21,26). The van der Waals surface area contributed by atoms with E-state index in [1.807, 2.05) is 0 Å².